The zero-order chi connectivity index (χ0) is 12.7. The SMILES string of the molecule is C1=C2CC=c3[nH]cnc3=C2OC(c2ccccc2)=C1. The molecule has 1 aromatic carbocycles. The first-order valence-electron chi connectivity index (χ1n) is 6.30. The molecule has 92 valence electrons. The van der Waals surface area contributed by atoms with Crippen LogP contribution in [0.3, 0.4) is 0 Å². The van der Waals surface area contributed by atoms with Gasteiger partial charge in [0.2, 0.25) is 0 Å². The molecule has 0 saturated heterocycles. The van der Waals surface area contributed by atoms with E-state index >= 15 is 0 Å². The van der Waals surface area contributed by atoms with Crippen molar-refractivity contribution in [2.45, 2.75) is 6.42 Å². The predicted molar refractivity (Wildman–Crippen MR) is 73.9 cm³/mol. The number of fused-ring (bicyclic) bond motifs is 2. The Morgan fingerprint density at radius 3 is 2.89 bits per heavy atom. The largest absolute Gasteiger partial charge is 0.454 e. The van der Waals surface area contributed by atoms with Crippen LogP contribution in [0.5, 0.6) is 0 Å². The molecule has 0 fully saturated rings. The fourth-order valence-electron chi connectivity index (χ4n) is 2.43. The van der Waals surface area contributed by atoms with Crippen LogP contribution in [0.15, 0.2) is 54.4 Å². The highest BCUT2D eigenvalue weighted by Crippen LogP contribution is 2.30. The number of H-pyrrole nitrogens is 1. The molecule has 3 heteroatoms. The first-order valence-corrected chi connectivity index (χ1v) is 6.30. The number of imidazole rings is 1. The van der Waals surface area contributed by atoms with Crippen LogP contribution < -0.4 is 10.7 Å². The van der Waals surface area contributed by atoms with Gasteiger partial charge in [-0.05, 0) is 12.5 Å². The van der Waals surface area contributed by atoms with E-state index in [2.05, 4.69) is 22.1 Å². The summed E-state index contributed by atoms with van der Waals surface area (Å²) in [4.78, 5) is 7.48. The van der Waals surface area contributed by atoms with Crippen molar-refractivity contribution in [2.24, 2.45) is 0 Å². The molecule has 0 amide bonds. The predicted octanol–water partition coefficient (Wildman–Crippen LogP) is 1.70. The van der Waals surface area contributed by atoms with Gasteiger partial charge in [-0.3, -0.25) is 0 Å². The quantitative estimate of drug-likeness (QED) is 0.834. The third-order valence-electron chi connectivity index (χ3n) is 3.41. The summed E-state index contributed by atoms with van der Waals surface area (Å²) in [5, 5.41) is 1.94. The second-order valence-electron chi connectivity index (χ2n) is 4.59. The molecule has 3 nitrogen and oxygen atoms in total. The topological polar surface area (TPSA) is 37.9 Å². The molecule has 19 heavy (non-hydrogen) atoms. The minimum absolute atomic E-state index is 0.871. The van der Waals surface area contributed by atoms with Gasteiger partial charge < -0.3 is 9.72 Å². The molecule has 0 saturated carbocycles. The zero-order valence-electron chi connectivity index (χ0n) is 10.3. The van der Waals surface area contributed by atoms with Crippen LogP contribution in [0, 0.1) is 0 Å². The van der Waals surface area contributed by atoms with Crippen molar-refractivity contribution in [3.63, 3.8) is 0 Å². The van der Waals surface area contributed by atoms with E-state index in [1.54, 1.807) is 6.33 Å². The van der Waals surface area contributed by atoms with Gasteiger partial charge in [-0.1, -0.05) is 42.5 Å². The lowest BCUT2D eigenvalue weighted by molar-refractivity contribution is 0.457. The van der Waals surface area contributed by atoms with Crippen LogP contribution in [0.4, 0.5) is 0 Å². The molecular weight excluding hydrogens is 236 g/mol. The maximum Gasteiger partial charge on any atom is 0.158 e. The molecule has 1 aliphatic heterocycles. The molecule has 0 atom stereocenters. The summed E-state index contributed by atoms with van der Waals surface area (Å²) in [7, 11) is 0. The van der Waals surface area contributed by atoms with Gasteiger partial charge in [-0.15, -0.1) is 0 Å². The number of nitrogens with one attached hydrogen (secondary N) is 1. The summed E-state index contributed by atoms with van der Waals surface area (Å²) in [6, 6.07) is 10.1. The number of ether oxygens (including phenoxy) is 1. The maximum atomic E-state index is 6.07. The van der Waals surface area contributed by atoms with Crippen molar-refractivity contribution < 1.29 is 4.74 Å². The molecule has 0 unspecified atom stereocenters. The Hall–Kier alpha value is -2.55. The number of allylic oxidation sites excluding steroid dienone is 2. The van der Waals surface area contributed by atoms with Crippen LogP contribution in [-0.4, -0.2) is 9.97 Å². The Morgan fingerprint density at radius 1 is 1.11 bits per heavy atom. The van der Waals surface area contributed by atoms with Crippen molar-refractivity contribution in [3.8, 4) is 0 Å². The van der Waals surface area contributed by atoms with Gasteiger partial charge in [0.25, 0.3) is 0 Å². The minimum atomic E-state index is 0.871. The lowest BCUT2D eigenvalue weighted by Crippen LogP contribution is -2.31. The van der Waals surface area contributed by atoms with Crippen LogP contribution in [0.25, 0.3) is 17.6 Å². The highest BCUT2D eigenvalue weighted by atomic mass is 16.5. The van der Waals surface area contributed by atoms with Gasteiger partial charge >= 0.3 is 0 Å². The second kappa shape index (κ2) is 3.99. The van der Waals surface area contributed by atoms with Gasteiger partial charge in [0.15, 0.2) is 5.76 Å². The molecule has 4 rings (SSSR count). The number of hydrogen-bond donors (Lipinski definition) is 1. The first kappa shape index (κ1) is 10.4. The van der Waals surface area contributed by atoms with E-state index in [0.717, 1.165) is 34.2 Å². The number of aromatic nitrogens is 2. The number of hydrogen-bond acceptors (Lipinski definition) is 2. The summed E-state index contributed by atoms with van der Waals surface area (Å²) in [5.41, 5.74) is 2.26. The minimum Gasteiger partial charge on any atom is -0.454 e. The Kier molecular flexibility index (Phi) is 2.18. The molecule has 1 aliphatic carbocycles. The van der Waals surface area contributed by atoms with Gasteiger partial charge in [0.1, 0.15) is 11.1 Å². The lowest BCUT2D eigenvalue weighted by atomic mass is 10.0. The molecule has 2 heterocycles. The average Bonchev–Trinajstić information content (AvgIpc) is 2.96. The Labute approximate surface area is 110 Å². The van der Waals surface area contributed by atoms with Crippen molar-refractivity contribution in [2.75, 3.05) is 0 Å². The molecule has 0 bridgehead atoms. The standard InChI is InChI=1S/C16H12N2O/c1-2-4-11(5-3-1)14-9-7-12-6-8-13-15(16(12)19-14)18-10-17-13/h1-5,7-10H,6H2,(H,17,18). The summed E-state index contributed by atoms with van der Waals surface area (Å²) in [6.07, 6.45) is 8.88. The van der Waals surface area contributed by atoms with E-state index < -0.39 is 0 Å². The van der Waals surface area contributed by atoms with Crippen LogP contribution in [0.1, 0.15) is 12.0 Å². The second-order valence-corrected chi connectivity index (χ2v) is 4.59. The Morgan fingerprint density at radius 2 is 2.00 bits per heavy atom. The molecule has 1 aromatic heterocycles. The third-order valence-corrected chi connectivity index (χ3v) is 3.41. The van der Waals surface area contributed by atoms with Gasteiger partial charge in [-0.25, -0.2) is 4.98 Å². The summed E-state index contributed by atoms with van der Waals surface area (Å²) < 4.78 is 6.07. The summed E-state index contributed by atoms with van der Waals surface area (Å²) in [6.45, 7) is 0. The lowest BCUT2D eigenvalue weighted by Gasteiger charge is -2.20. The molecule has 2 aromatic rings. The van der Waals surface area contributed by atoms with Gasteiger partial charge in [0.05, 0.1) is 11.7 Å². The van der Waals surface area contributed by atoms with Gasteiger partial charge in [0, 0.05) is 11.1 Å². The molecule has 0 spiro atoms. The van der Waals surface area contributed by atoms with E-state index in [4.69, 9.17) is 4.74 Å². The van der Waals surface area contributed by atoms with Crippen molar-refractivity contribution in [1.29, 1.82) is 0 Å². The average molecular weight is 248 g/mol. The van der Waals surface area contributed by atoms with E-state index in [1.807, 2.05) is 36.4 Å². The highest BCUT2D eigenvalue weighted by molar-refractivity contribution is 5.75. The van der Waals surface area contributed by atoms with Crippen molar-refractivity contribution in [1.82, 2.24) is 9.97 Å². The molecular formula is C16H12N2O. The fraction of sp³-hybridized carbons (Fsp3) is 0.0625. The number of rotatable bonds is 1. The van der Waals surface area contributed by atoms with Crippen molar-refractivity contribution >= 4 is 17.6 Å². The molecule has 0 radical (unpaired) electrons. The molecule has 2 aliphatic rings. The maximum absolute atomic E-state index is 6.07. The monoisotopic (exact) mass is 248 g/mol. The third kappa shape index (κ3) is 1.63. The number of benzene rings is 1. The van der Waals surface area contributed by atoms with Crippen LogP contribution >= 0.6 is 0 Å². The first-order chi connectivity index (χ1) is 9.42. The number of aromatic amines is 1. The van der Waals surface area contributed by atoms with Crippen LogP contribution in [-0.2, 0) is 4.74 Å². The van der Waals surface area contributed by atoms with E-state index in [1.165, 1.54) is 5.57 Å². The highest BCUT2D eigenvalue weighted by Gasteiger charge is 2.19. The normalized spacial score (nSPS) is 16.5. The summed E-state index contributed by atoms with van der Waals surface area (Å²) >= 11 is 0. The van der Waals surface area contributed by atoms with E-state index in [0.29, 0.717) is 0 Å². The zero-order valence-corrected chi connectivity index (χ0v) is 10.3. The molecule has 1 N–H and O–H groups in total. The summed E-state index contributed by atoms with van der Waals surface area (Å²) in [5.74, 6) is 1.75. The Balaban J connectivity index is 1.87. The number of nitrogens with zero attached hydrogens (tertiary/aromatic N) is 1. The smallest absolute Gasteiger partial charge is 0.158 e. The fourth-order valence-corrected chi connectivity index (χ4v) is 2.43. The Bertz CT molecular complexity index is 810. The van der Waals surface area contributed by atoms with Crippen molar-refractivity contribution in [3.05, 3.63) is 70.6 Å². The van der Waals surface area contributed by atoms with Gasteiger partial charge in [-0.2, -0.15) is 0 Å². The van der Waals surface area contributed by atoms with E-state index in [-0.39, 0.29) is 0 Å². The van der Waals surface area contributed by atoms with E-state index in [9.17, 15) is 0 Å². The van der Waals surface area contributed by atoms with Crippen LogP contribution in [0.2, 0.25) is 0 Å².